The van der Waals surface area contributed by atoms with Gasteiger partial charge in [-0.2, -0.15) is 0 Å². The minimum atomic E-state index is -3.18. The fourth-order valence-corrected chi connectivity index (χ4v) is 2.95. The van der Waals surface area contributed by atoms with Gasteiger partial charge in [-0.05, 0) is 65.5 Å². The summed E-state index contributed by atoms with van der Waals surface area (Å²) in [6, 6.07) is 13.0. The molecule has 0 saturated carbocycles. The van der Waals surface area contributed by atoms with Crippen LogP contribution in [0.25, 0.3) is 0 Å². The van der Waals surface area contributed by atoms with Crippen molar-refractivity contribution in [3.63, 3.8) is 0 Å². The van der Waals surface area contributed by atoms with Crippen LogP contribution in [0.15, 0.2) is 53.4 Å². The maximum absolute atomic E-state index is 11.4. The van der Waals surface area contributed by atoms with Gasteiger partial charge in [-0.1, -0.05) is 34.7 Å². The van der Waals surface area contributed by atoms with Gasteiger partial charge in [-0.15, -0.1) is 0 Å². The smallest absolute Gasteiger partial charge is 0.335 e. The molecule has 0 saturated heterocycles. The Morgan fingerprint density at radius 1 is 1.07 bits per heavy atom. The van der Waals surface area contributed by atoms with Gasteiger partial charge in [0.25, 0.3) is 0 Å². The van der Waals surface area contributed by atoms with E-state index in [2.05, 4.69) is 33.2 Å². The largest absolute Gasteiger partial charge is 0.478 e. The zero-order chi connectivity index (χ0) is 20.4. The van der Waals surface area contributed by atoms with E-state index in [1.165, 1.54) is 18.4 Å². The first-order valence-electron chi connectivity index (χ1n) is 7.81. The van der Waals surface area contributed by atoms with Crippen LogP contribution in [0.2, 0.25) is 0 Å². The molecule has 0 aliphatic heterocycles. The lowest BCUT2D eigenvalue weighted by Crippen LogP contribution is -2.30. The molecule has 2 rings (SSSR count). The molecule has 6 nitrogen and oxygen atoms in total. The molecule has 27 heavy (non-hydrogen) atoms. The Bertz CT molecular complexity index is 867. The number of aromatic carboxylic acids is 1. The lowest BCUT2D eigenvalue weighted by Gasteiger charge is -2.11. The molecule has 9 heteroatoms. The van der Waals surface area contributed by atoms with Crippen LogP contribution < -0.4 is 10.6 Å². The number of thiocarbonyl (C=S) groups is 1. The zero-order valence-electron chi connectivity index (χ0n) is 14.9. The summed E-state index contributed by atoms with van der Waals surface area (Å²) in [5, 5.41) is 15.3. The molecule has 3 N–H and O–H groups in total. The number of carboxylic acid groups (broad SMARTS) is 1. The number of hydrogen-bond donors (Lipinski definition) is 3. The van der Waals surface area contributed by atoms with E-state index < -0.39 is 15.8 Å². The highest BCUT2D eigenvalue weighted by atomic mass is 127. The number of alkyl halides is 1. The van der Waals surface area contributed by atoms with Crippen LogP contribution in [0.5, 0.6) is 0 Å². The Morgan fingerprint density at radius 2 is 1.63 bits per heavy atom. The number of benzene rings is 2. The second kappa shape index (κ2) is 11.2. The van der Waals surface area contributed by atoms with E-state index in [-0.39, 0.29) is 5.56 Å². The van der Waals surface area contributed by atoms with Gasteiger partial charge in [0.05, 0.1) is 10.5 Å². The number of nitrogens with one attached hydrogen (secondary N) is 2. The van der Waals surface area contributed by atoms with Crippen molar-refractivity contribution >= 4 is 61.4 Å². The van der Waals surface area contributed by atoms with Crippen LogP contribution in [-0.2, 0) is 16.3 Å². The molecule has 2 aromatic rings. The first kappa shape index (κ1) is 23.3. The highest BCUT2D eigenvalue weighted by Crippen LogP contribution is 2.11. The average Bonchev–Trinajstić information content (AvgIpc) is 2.63. The van der Waals surface area contributed by atoms with Gasteiger partial charge in [0.1, 0.15) is 0 Å². The predicted octanol–water partition coefficient (Wildman–Crippen LogP) is 3.37. The molecule has 146 valence electrons. The summed E-state index contributed by atoms with van der Waals surface area (Å²) in [6.45, 7) is 0.581. The molecular formula is C18H21IN2O4S2. The summed E-state index contributed by atoms with van der Waals surface area (Å²) < 4.78 is 22.8. The van der Waals surface area contributed by atoms with Crippen LogP contribution in [0.4, 0.5) is 5.69 Å². The van der Waals surface area contributed by atoms with Gasteiger partial charge < -0.3 is 15.7 Å². The third-order valence-electron chi connectivity index (χ3n) is 3.44. The van der Waals surface area contributed by atoms with Crippen molar-refractivity contribution in [1.82, 2.24) is 5.32 Å². The van der Waals surface area contributed by atoms with Crippen molar-refractivity contribution in [1.29, 1.82) is 0 Å². The molecule has 0 radical (unpaired) electrons. The summed E-state index contributed by atoms with van der Waals surface area (Å²) in [6.07, 6.45) is 1.86. The van der Waals surface area contributed by atoms with E-state index in [1.54, 1.807) is 36.4 Å². The van der Waals surface area contributed by atoms with Crippen molar-refractivity contribution in [2.24, 2.45) is 0 Å². The summed E-state index contributed by atoms with van der Waals surface area (Å²) in [7, 11) is -3.18. The molecule has 0 atom stereocenters. The lowest BCUT2D eigenvalue weighted by molar-refractivity contribution is 0.0697. The van der Waals surface area contributed by atoms with Crippen LogP contribution >= 0.6 is 34.8 Å². The summed E-state index contributed by atoms with van der Waals surface area (Å²) in [4.78, 5) is 13.1. The SMILES string of the molecule is CI.CS(=O)(=O)c1ccc(CCNC(=S)Nc2ccc(C(=O)O)cc2)cc1. The van der Waals surface area contributed by atoms with E-state index in [0.29, 0.717) is 28.7 Å². The molecule has 0 heterocycles. The van der Waals surface area contributed by atoms with E-state index >= 15 is 0 Å². The quantitative estimate of drug-likeness (QED) is 0.306. The van der Waals surface area contributed by atoms with Crippen LogP contribution in [-0.4, -0.2) is 42.3 Å². The van der Waals surface area contributed by atoms with Crippen molar-refractivity contribution in [2.75, 3.05) is 23.0 Å². The molecule has 0 aliphatic carbocycles. The number of carboxylic acids is 1. The maximum Gasteiger partial charge on any atom is 0.335 e. The highest BCUT2D eigenvalue weighted by Gasteiger charge is 2.06. The van der Waals surface area contributed by atoms with E-state index in [9.17, 15) is 13.2 Å². The molecule has 0 fully saturated rings. The third kappa shape index (κ3) is 8.22. The Labute approximate surface area is 178 Å². The second-order valence-electron chi connectivity index (χ2n) is 5.43. The number of anilines is 1. The van der Waals surface area contributed by atoms with Gasteiger partial charge in [0.15, 0.2) is 14.9 Å². The predicted molar refractivity (Wildman–Crippen MR) is 121 cm³/mol. The van der Waals surface area contributed by atoms with Crippen molar-refractivity contribution in [3.05, 3.63) is 59.7 Å². The molecule has 0 spiro atoms. The molecule has 0 bridgehead atoms. The monoisotopic (exact) mass is 520 g/mol. The minimum absolute atomic E-state index is 0.210. The summed E-state index contributed by atoms with van der Waals surface area (Å²) in [5.41, 5.74) is 1.90. The van der Waals surface area contributed by atoms with Crippen molar-refractivity contribution in [2.45, 2.75) is 11.3 Å². The fraction of sp³-hybridized carbons (Fsp3) is 0.222. The summed E-state index contributed by atoms with van der Waals surface area (Å²) >= 11 is 7.34. The van der Waals surface area contributed by atoms with Gasteiger partial charge >= 0.3 is 5.97 Å². The van der Waals surface area contributed by atoms with Crippen molar-refractivity contribution in [3.8, 4) is 0 Å². The molecule has 2 aromatic carbocycles. The van der Waals surface area contributed by atoms with Crippen LogP contribution in [0.1, 0.15) is 15.9 Å². The number of hydrogen-bond acceptors (Lipinski definition) is 4. The van der Waals surface area contributed by atoms with Crippen LogP contribution in [0, 0.1) is 0 Å². The average molecular weight is 520 g/mol. The van der Waals surface area contributed by atoms with Crippen molar-refractivity contribution < 1.29 is 18.3 Å². The zero-order valence-corrected chi connectivity index (χ0v) is 18.7. The molecular weight excluding hydrogens is 499 g/mol. The number of halogens is 1. The topological polar surface area (TPSA) is 95.5 Å². The van der Waals surface area contributed by atoms with Gasteiger partial charge in [0.2, 0.25) is 0 Å². The number of carbonyl (C=O) groups is 1. The van der Waals surface area contributed by atoms with Gasteiger partial charge in [0, 0.05) is 18.5 Å². The molecule has 0 unspecified atom stereocenters. The molecule has 0 aliphatic rings. The van der Waals surface area contributed by atoms with E-state index in [4.69, 9.17) is 17.3 Å². The Hall–Kier alpha value is -1.72. The van der Waals surface area contributed by atoms with Gasteiger partial charge in [-0.25, -0.2) is 13.2 Å². The standard InChI is InChI=1S/C17H18N2O4S2.CH3I/c1-25(22,23)15-8-2-12(3-9-15)10-11-18-17(24)19-14-6-4-13(5-7-14)16(20)21;1-2/h2-9H,10-11H2,1H3,(H,20,21)(H2,18,19,24);1H3. The summed E-state index contributed by atoms with van der Waals surface area (Å²) in [5.74, 6) is -0.978. The number of sulfone groups is 1. The number of rotatable bonds is 6. The third-order valence-corrected chi connectivity index (χ3v) is 4.82. The molecule has 0 amide bonds. The Kier molecular flexibility index (Phi) is 9.67. The normalized spacial score (nSPS) is 10.3. The lowest BCUT2D eigenvalue weighted by atomic mass is 10.1. The first-order chi connectivity index (χ1) is 12.8. The van der Waals surface area contributed by atoms with Gasteiger partial charge in [-0.3, -0.25) is 0 Å². The molecule has 0 aromatic heterocycles. The Balaban J connectivity index is 0.00000176. The van der Waals surface area contributed by atoms with Crippen LogP contribution in [0.3, 0.4) is 0 Å². The maximum atomic E-state index is 11.4. The fourth-order valence-electron chi connectivity index (χ4n) is 2.10. The Morgan fingerprint density at radius 3 is 2.11 bits per heavy atom. The van der Waals surface area contributed by atoms with E-state index in [0.717, 1.165) is 5.56 Å². The minimum Gasteiger partial charge on any atom is -0.478 e. The second-order valence-corrected chi connectivity index (χ2v) is 7.85. The highest BCUT2D eigenvalue weighted by molar-refractivity contribution is 14.1. The van der Waals surface area contributed by atoms with E-state index in [1.807, 2.05) is 4.93 Å². The first-order valence-corrected chi connectivity index (χ1v) is 12.3.